The Morgan fingerprint density at radius 3 is 2.70 bits per heavy atom. The molecule has 0 saturated carbocycles. The predicted octanol–water partition coefficient (Wildman–Crippen LogP) is 0.222. The molecule has 1 aliphatic heterocycles. The molecule has 0 aromatic carbocycles. The van der Waals surface area contributed by atoms with Gasteiger partial charge in [-0.05, 0) is 0 Å². The number of methoxy groups -OCH3 is 1. The van der Waals surface area contributed by atoms with Crippen molar-refractivity contribution in [2.45, 2.75) is 0 Å². The van der Waals surface area contributed by atoms with E-state index in [9.17, 15) is 9.59 Å². The third kappa shape index (κ3) is 2.05. The SMILES string of the molecule is COC1=CC(=O)c2ncc(N3CCOCC3)nc2C1=O. The maximum absolute atomic E-state index is 12.1. The second-order valence-corrected chi connectivity index (χ2v) is 4.43. The first-order valence-electron chi connectivity index (χ1n) is 6.25. The lowest BCUT2D eigenvalue weighted by Crippen LogP contribution is -2.37. The van der Waals surface area contributed by atoms with Gasteiger partial charge in [-0.25, -0.2) is 9.97 Å². The van der Waals surface area contributed by atoms with Crippen molar-refractivity contribution in [3.8, 4) is 0 Å². The summed E-state index contributed by atoms with van der Waals surface area (Å²) in [4.78, 5) is 34.3. The Labute approximate surface area is 115 Å². The lowest BCUT2D eigenvalue weighted by atomic mass is 10.0. The highest BCUT2D eigenvalue weighted by molar-refractivity contribution is 6.22. The molecule has 1 aliphatic carbocycles. The van der Waals surface area contributed by atoms with Crippen LogP contribution in [0.15, 0.2) is 18.0 Å². The number of Topliss-reactive ketones (excluding diaryl/α,β-unsaturated/α-hetero) is 1. The number of aromatic nitrogens is 2. The van der Waals surface area contributed by atoms with Gasteiger partial charge >= 0.3 is 0 Å². The van der Waals surface area contributed by atoms with E-state index in [1.807, 2.05) is 4.90 Å². The van der Waals surface area contributed by atoms with Crippen LogP contribution in [-0.2, 0) is 9.47 Å². The van der Waals surface area contributed by atoms with Gasteiger partial charge in [0, 0.05) is 19.2 Å². The average molecular weight is 275 g/mol. The van der Waals surface area contributed by atoms with E-state index in [-0.39, 0.29) is 22.9 Å². The van der Waals surface area contributed by atoms with Gasteiger partial charge < -0.3 is 14.4 Å². The molecule has 2 aliphatic rings. The molecular weight excluding hydrogens is 262 g/mol. The van der Waals surface area contributed by atoms with E-state index in [1.165, 1.54) is 13.3 Å². The van der Waals surface area contributed by atoms with Crippen LogP contribution in [-0.4, -0.2) is 54.9 Å². The van der Waals surface area contributed by atoms with E-state index < -0.39 is 5.78 Å². The quantitative estimate of drug-likeness (QED) is 0.763. The molecule has 104 valence electrons. The second kappa shape index (κ2) is 5.01. The molecule has 1 fully saturated rings. The van der Waals surface area contributed by atoms with Gasteiger partial charge in [0.1, 0.15) is 17.2 Å². The number of morpholine rings is 1. The summed E-state index contributed by atoms with van der Waals surface area (Å²) in [7, 11) is 1.35. The topological polar surface area (TPSA) is 81.6 Å². The summed E-state index contributed by atoms with van der Waals surface area (Å²) in [5.74, 6) is -0.205. The molecule has 1 aromatic rings. The van der Waals surface area contributed by atoms with Crippen LogP contribution in [0.1, 0.15) is 21.0 Å². The zero-order valence-corrected chi connectivity index (χ0v) is 11.0. The monoisotopic (exact) mass is 275 g/mol. The molecule has 1 aromatic heterocycles. The van der Waals surface area contributed by atoms with E-state index in [1.54, 1.807) is 0 Å². The summed E-state index contributed by atoms with van der Waals surface area (Å²) in [6.07, 6.45) is 2.66. The van der Waals surface area contributed by atoms with Crippen LogP contribution in [0.3, 0.4) is 0 Å². The number of nitrogens with zero attached hydrogens (tertiary/aromatic N) is 3. The van der Waals surface area contributed by atoms with Crippen molar-refractivity contribution in [2.75, 3.05) is 38.3 Å². The molecule has 2 heterocycles. The zero-order valence-electron chi connectivity index (χ0n) is 11.0. The Morgan fingerprint density at radius 2 is 2.00 bits per heavy atom. The number of hydrogen-bond donors (Lipinski definition) is 0. The fourth-order valence-corrected chi connectivity index (χ4v) is 2.18. The molecule has 1 saturated heterocycles. The summed E-state index contributed by atoms with van der Waals surface area (Å²) in [5.41, 5.74) is 0.131. The van der Waals surface area contributed by atoms with Crippen molar-refractivity contribution < 1.29 is 19.1 Å². The molecule has 20 heavy (non-hydrogen) atoms. The smallest absolute Gasteiger partial charge is 0.248 e. The number of allylic oxidation sites excluding steroid dienone is 2. The molecule has 0 bridgehead atoms. The fraction of sp³-hybridized carbons (Fsp3) is 0.385. The number of anilines is 1. The molecule has 0 amide bonds. The first kappa shape index (κ1) is 12.7. The van der Waals surface area contributed by atoms with Crippen LogP contribution < -0.4 is 4.90 Å². The maximum atomic E-state index is 12.1. The summed E-state index contributed by atoms with van der Waals surface area (Å²) < 4.78 is 10.2. The van der Waals surface area contributed by atoms with Crippen molar-refractivity contribution in [1.82, 2.24) is 9.97 Å². The number of carbonyl (C=O) groups is 2. The number of fused-ring (bicyclic) bond motifs is 1. The Bertz CT molecular complexity index is 606. The van der Waals surface area contributed by atoms with Crippen molar-refractivity contribution in [3.63, 3.8) is 0 Å². The third-order valence-electron chi connectivity index (χ3n) is 3.25. The summed E-state index contributed by atoms with van der Waals surface area (Å²) in [6, 6.07) is 0. The summed E-state index contributed by atoms with van der Waals surface area (Å²) in [6.45, 7) is 2.58. The second-order valence-electron chi connectivity index (χ2n) is 4.43. The first-order chi connectivity index (χ1) is 9.70. The Balaban J connectivity index is 1.99. The van der Waals surface area contributed by atoms with Gasteiger partial charge in [-0.15, -0.1) is 0 Å². The van der Waals surface area contributed by atoms with E-state index in [0.717, 1.165) is 6.08 Å². The Morgan fingerprint density at radius 1 is 1.25 bits per heavy atom. The summed E-state index contributed by atoms with van der Waals surface area (Å²) >= 11 is 0. The minimum absolute atomic E-state index is 0.00377. The third-order valence-corrected chi connectivity index (χ3v) is 3.25. The molecule has 3 rings (SSSR count). The van der Waals surface area contributed by atoms with Crippen LogP contribution >= 0.6 is 0 Å². The van der Waals surface area contributed by atoms with Crippen molar-refractivity contribution in [2.24, 2.45) is 0 Å². The Kier molecular flexibility index (Phi) is 3.19. The van der Waals surface area contributed by atoms with Crippen LogP contribution in [0.4, 0.5) is 5.82 Å². The van der Waals surface area contributed by atoms with Gasteiger partial charge in [0.25, 0.3) is 0 Å². The largest absolute Gasteiger partial charge is 0.492 e. The van der Waals surface area contributed by atoms with Crippen molar-refractivity contribution in [1.29, 1.82) is 0 Å². The number of hydrogen-bond acceptors (Lipinski definition) is 7. The van der Waals surface area contributed by atoms with E-state index in [4.69, 9.17) is 9.47 Å². The molecular formula is C13H13N3O4. The molecule has 0 radical (unpaired) electrons. The fourth-order valence-electron chi connectivity index (χ4n) is 2.18. The highest BCUT2D eigenvalue weighted by Gasteiger charge is 2.30. The first-order valence-corrected chi connectivity index (χ1v) is 6.25. The van der Waals surface area contributed by atoms with Crippen molar-refractivity contribution >= 4 is 17.4 Å². The Hall–Kier alpha value is -2.28. The number of carbonyl (C=O) groups excluding carboxylic acids is 2. The van der Waals surface area contributed by atoms with E-state index in [2.05, 4.69) is 9.97 Å². The highest BCUT2D eigenvalue weighted by Crippen LogP contribution is 2.21. The van der Waals surface area contributed by atoms with Gasteiger partial charge in [0.05, 0.1) is 26.5 Å². The van der Waals surface area contributed by atoms with Gasteiger partial charge in [0.15, 0.2) is 5.76 Å². The number of ketones is 2. The lowest BCUT2D eigenvalue weighted by molar-refractivity contribution is 0.0909. The van der Waals surface area contributed by atoms with Gasteiger partial charge in [-0.3, -0.25) is 9.59 Å². The molecule has 7 nitrogen and oxygen atoms in total. The number of rotatable bonds is 2. The normalized spacial score (nSPS) is 18.6. The highest BCUT2D eigenvalue weighted by atomic mass is 16.5. The molecule has 0 N–H and O–H groups in total. The van der Waals surface area contributed by atoms with E-state index in [0.29, 0.717) is 32.1 Å². The standard InChI is InChI=1S/C13H13N3O4/c1-19-9-6-8(17)11-12(13(9)18)15-10(7-14-11)16-2-4-20-5-3-16/h6-7H,2-5H2,1H3. The molecule has 0 spiro atoms. The van der Waals surface area contributed by atoms with Crippen LogP contribution in [0, 0.1) is 0 Å². The minimum atomic E-state index is -0.412. The lowest BCUT2D eigenvalue weighted by Gasteiger charge is -2.28. The molecule has 7 heteroatoms. The van der Waals surface area contributed by atoms with Crippen LogP contribution in [0.5, 0.6) is 0 Å². The van der Waals surface area contributed by atoms with Gasteiger partial charge in [-0.1, -0.05) is 0 Å². The molecule has 0 unspecified atom stereocenters. The van der Waals surface area contributed by atoms with Crippen molar-refractivity contribution in [3.05, 3.63) is 29.4 Å². The van der Waals surface area contributed by atoms with Gasteiger partial charge in [0.2, 0.25) is 11.6 Å². The van der Waals surface area contributed by atoms with E-state index >= 15 is 0 Å². The van der Waals surface area contributed by atoms with Gasteiger partial charge in [-0.2, -0.15) is 0 Å². The summed E-state index contributed by atoms with van der Waals surface area (Å²) in [5, 5.41) is 0. The average Bonchev–Trinajstić information content (AvgIpc) is 2.51. The molecule has 0 atom stereocenters. The zero-order chi connectivity index (χ0) is 14.1. The minimum Gasteiger partial charge on any atom is -0.492 e. The van der Waals surface area contributed by atoms with Crippen LogP contribution in [0.25, 0.3) is 0 Å². The maximum Gasteiger partial charge on any atom is 0.248 e. The predicted molar refractivity (Wildman–Crippen MR) is 68.8 cm³/mol. The van der Waals surface area contributed by atoms with Crippen LogP contribution in [0.2, 0.25) is 0 Å². The number of ether oxygens (including phenoxy) is 2.